The summed E-state index contributed by atoms with van der Waals surface area (Å²) in [5, 5.41) is 6.46. The molecule has 2 rings (SSSR count). The number of nitrogens with one attached hydrogen (secondary N) is 1. The van der Waals surface area contributed by atoms with E-state index in [2.05, 4.69) is 20.4 Å². The van der Waals surface area contributed by atoms with E-state index in [1.165, 1.54) is 18.6 Å². The average Bonchev–Trinajstić information content (AvgIpc) is 2.82. The molecule has 0 saturated carbocycles. The van der Waals surface area contributed by atoms with Gasteiger partial charge in [-0.1, -0.05) is 16.8 Å². The Kier molecular flexibility index (Phi) is 3.66. The summed E-state index contributed by atoms with van der Waals surface area (Å²) in [7, 11) is 0. The first-order chi connectivity index (χ1) is 8.25. The van der Waals surface area contributed by atoms with Gasteiger partial charge in [-0.05, 0) is 12.1 Å². The van der Waals surface area contributed by atoms with Gasteiger partial charge in [-0.15, -0.1) is 0 Å². The van der Waals surface area contributed by atoms with Crippen LogP contribution < -0.4 is 5.32 Å². The Hall–Kier alpha value is -1.95. The van der Waals surface area contributed by atoms with Gasteiger partial charge >= 0.3 is 0 Å². The predicted molar refractivity (Wildman–Crippen MR) is 59.6 cm³/mol. The van der Waals surface area contributed by atoms with Crippen molar-refractivity contribution < 1.29 is 9.32 Å². The third kappa shape index (κ3) is 3.25. The molecule has 88 valence electrons. The van der Waals surface area contributed by atoms with Gasteiger partial charge in [-0.3, -0.25) is 4.79 Å². The zero-order chi connectivity index (χ0) is 12.1. The smallest absolute Gasteiger partial charge is 0.251 e. The number of hydrogen-bond acceptors (Lipinski definition) is 5. The molecule has 0 aliphatic carbocycles. The third-order valence-electron chi connectivity index (χ3n) is 2.02. The van der Waals surface area contributed by atoms with Gasteiger partial charge in [-0.25, -0.2) is 4.98 Å². The van der Waals surface area contributed by atoms with Crippen LogP contribution in [0.3, 0.4) is 0 Å². The van der Waals surface area contributed by atoms with Crippen LogP contribution in [0.4, 0.5) is 0 Å². The highest BCUT2D eigenvalue weighted by Gasteiger charge is 2.06. The van der Waals surface area contributed by atoms with Gasteiger partial charge in [0.2, 0.25) is 5.89 Å². The fourth-order valence-electron chi connectivity index (χ4n) is 1.23. The molecule has 0 aliphatic heterocycles. The SMILES string of the molecule is O=C(NCCc1ncno1)c1ccnc(Cl)c1. The first-order valence-electron chi connectivity index (χ1n) is 4.91. The monoisotopic (exact) mass is 252 g/mol. The standard InChI is InChI=1S/C10H9ClN4O2/c11-8-5-7(1-3-12-8)10(16)13-4-2-9-14-6-15-17-9/h1,3,5-6H,2,4H2,(H,13,16). The number of carbonyl (C=O) groups is 1. The Morgan fingerprint density at radius 3 is 3.06 bits per heavy atom. The minimum absolute atomic E-state index is 0.214. The van der Waals surface area contributed by atoms with E-state index in [1.807, 2.05) is 0 Å². The molecular weight excluding hydrogens is 244 g/mol. The maximum Gasteiger partial charge on any atom is 0.251 e. The van der Waals surface area contributed by atoms with E-state index in [-0.39, 0.29) is 11.1 Å². The van der Waals surface area contributed by atoms with E-state index in [0.717, 1.165) is 0 Å². The zero-order valence-corrected chi connectivity index (χ0v) is 9.52. The number of nitrogens with zero attached hydrogens (tertiary/aromatic N) is 3. The third-order valence-corrected chi connectivity index (χ3v) is 2.23. The van der Waals surface area contributed by atoms with Crippen molar-refractivity contribution in [3.63, 3.8) is 0 Å². The van der Waals surface area contributed by atoms with Crippen molar-refractivity contribution in [3.05, 3.63) is 41.3 Å². The van der Waals surface area contributed by atoms with Crippen LogP contribution in [0.2, 0.25) is 5.15 Å². The molecule has 2 heterocycles. The molecule has 6 nitrogen and oxygen atoms in total. The van der Waals surface area contributed by atoms with Crippen LogP contribution >= 0.6 is 11.6 Å². The van der Waals surface area contributed by atoms with Crippen LogP contribution in [-0.4, -0.2) is 27.6 Å². The molecule has 0 radical (unpaired) electrons. The zero-order valence-electron chi connectivity index (χ0n) is 8.76. The second-order valence-electron chi connectivity index (χ2n) is 3.21. The lowest BCUT2D eigenvalue weighted by molar-refractivity contribution is 0.0953. The van der Waals surface area contributed by atoms with Crippen LogP contribution in [0.15, 0.2) is 29.2 Å². The molecule has 1 N–H and O–H groups in total. The van der Waals surface area contributed by atoms with Gasteiger partial charge in [0.05, 0.1) is 0 Å². The molecule has 0 unspecified atom stereocenters. The lowest BCUT2D eigenvalue weighted by Gasteiger charge is -2.03. The van der Waals surface area contributed by atoms with Crippen molar-refractivity contribution in [1.82, 2.24) is 20.4 Å². The molecule has 17 heavy (non-hydrogen) atoms. The van der Waals surface area contributed by atoms with Gasteiger partial charge in [0, 0.05) is 24.7 Å². The van der Waals surface area contributed by atoms with E-state index in [1.54, 1.807) is 6.07 Å². The minimum atomic E-state index is -0.214. The first-order valence-corrected chi connectivity index (χ1v) is 5.29. The van der Waals surface area contributed by atoms with Crippen molar-refractivity contribution in [3.8, 4) is 0 Å². The summed E-state index contributed by atoms with van der Waals surface area (Å²) >= 11 is 5.68. The van der Waals surface area contributed by atoms with Crippen molar-refractivity contribution in [2.24, 2.45) is 0 Å². The number of hydrogen-bond donors (Lipinski definition) is 1. The highest BCUT2D eigenvalue weighted by Crippen LogP contribution is 2.06. The quantitative estimate of drug-likeness (QED) is 0.824. The Labute approximate surface area is 102 Å². The maximum atomic E-state index is 11.7. The Balaban J connectivity index is 1.85. The van der Waals surface area contributed by atoms with E-state index in [9.17, 15) is 4.79 Å². The van der Waals surface area contributed by atoms with Crippen LogP contribution in [0, 0.1) is 0 Å². The van der Waals surface area contributed by atoms with Gasteiger partial charge in [0.25, 0.3) is 5.91 Å². The van der Waals surface area contributed by atoms with Gasteiger partial charge < -0.3 is 9.84 Å². The molecule has 0 bridgehead atoms. The van der Waals surface area contributed by atoms with Crippen LogP contribution in [-0.2, 0) is 6.42 Å². The number of halogens is 1. The van der Waals surface area contributed by atoms with Crippen molar-refractivity contribution in [1.29, 1.82) is 0 Å². The second-order valence-corrected chi connectivity index (χ2v) is 3.60. The van der Waals surface area contributed by atoms with E-state index in [4.69, 9.17) is 16.1 Å². The normalized spacial score (nSPS) is 10.2. The van der Waals surface area contributed by atoms with Crippen LogP contribution in [0.5, 0.6) is 0 Å². The molecule has 2 aromatic rings. The second kappa shape index (κ2) is 5.40. The fraction of sp³-hybridized carbons (Fsp3) is 0.200. The minimum Gasteiger partial charge on any atom is -0.352 e. The highest BCUT2D eigenvalue weighted by atomic mass is 35.5. The van der Waals surface area contributed by atoms with Crippen LogP contribution in [0.25, 0.3) is 0 Å². The highest BCUT2D eigenvalue weighted by molar-refractivity contribution is 6.29. The fourth-order valence-corrected chi connectivity index (χ4v) is 1.41. The molecule has 0 fully saturated rings. The van der Waals surface area contributed by atoms with E-state index in [0.29, 0.717) is 24.4 Å². The summed E-state index contributed by atoms with van der Waals surface area (Å²) in [5.41, 5.74) is 0.468. The maximum absolute atomic E-state index is 11.7. The number of rotatable bonds is 4. The van der Waals surface area contributed by atoms with Crippen molar-refractivity contribution in [2.75, 3.05) is 6.54 Å². The summed E-state index contributed by atoms with van der Waals surface area (Å²) in [5.74, 6) is 0.270. The van der Waals surface area contributed by atoms with Gasteiger partial charge in [0.1, 0.15) is 5.15 Å². The largest absolute Gasteiger partial charge is 0.352 e. The van der Waals surface area contributed by atoms with Gasteiger partial charge in [0.15, 0.2) is 6.33 Å². The first kappa shape index (κ1) is 11.5. The number of carbonyl (C=O) groups excluding carboxylic acids is 1. The van der Waals surface area contributed by atoms with E-state index >= 15 is 0 Å². The molecule has 1 amide bonds. The van der Waals surface area contributed by atoms with Crippen LogP contribution in [0.1, 0.15) is 16.2 Å². The molecule has 0 aliphatic rings. The molecule has 0 aromatic carbocycles. The number of amides is 1. The average molecular weight is 253 g/mol. The topological polar surface area (TPSA) is 80.9 Å². The molecular formula is C10H9ClN4O2. The summed E-state index contributed by atoms with van der Waals surface area (Å²) < 4.78 is 4.80. The summed E-state index contributed by atoms with van der Waals surface area (Å²) in [4.78, 5) is 19.3. The van der Waals surface area contributed by atoms with Crippen molar-refractivity contribution in [2.45, 2.75) is 6.42 Å². The Morgan fingerprint density at radius 2 is 2.35 bits per heavy atom. The predicted octanol–water partition coefficient (Wildman–Crippen LogP) is 1.09. The van der Waals surface area contributed by atoms with Gasteiger partial charge in [-0.2, -0.15) is 4.98 Å². The molecule has 0 saturated heterocycles. The lowest BCUT2D eigenvalue weighted by atomic mass is 10.2. The lowest BCUT2D eigenvalue weighted by Crippen LogP contribution is -2.25. The Morgan fingerprint density at radius 1 is 1.47 bits per heavy atom. The molecule has 7 heteroatoms. The van der Waals surface area contributed by atoms with E-state index < -0.39 is 0 Å². The molecule has 2 aromatic heterocycles. The number of aromatic nitrogens is 3. The number of pyridine rings is 1. The molecule has 0 atom stereocenters. The molecule has 0 spiro atoms. The summed E-state index contributed by atoms with van der Waals surface area (Å²) in [6.07, 6.45) is 3.29. The van der Waals surface area contributed by atoms with Crippen molar-refractivity contribution >= 4 is 17.5 Å². The summed E-state index contributed by atoms with van der Waals surface area (Å²) in [6, 6.07) is 3.09. The Bertz CT molecular complexity index is 501. The summed E-state index contributed by atoms with van der Waals surface area (Å²) in [6.45, 7) is 0.418.